The highest BCUT2D eigenvalue weighted by Gasteiger charge is 2.19. The highest BCUT2D eigenvalue weighted by molar-refractivity contribution is 6.35. The molecule has 104 valence electrons. The number of benzene rings is 1. The molecule has 1 aromatic carbocycles. The zero-order chi connectivity index (χ0) is 13.8. The van der Waals surface area contributed by atoms with Gasteiger partial charge in [0.25, 0.3) is 5.91 Å². The van der Waals surface area contributed by atoms with Crippen LogP contribution >= 0.6 is 23.2 Å². The fourth-order valence-corrected chi connectivity index (χ4v) is 2.71. The van der Waals surface area contributed by atoms with Crippen molar-refractivity contribution in [3.05, 3.63) is 27.7 Å². The minimum atomic E-state index is -0.0218. The van der Waals surface area contributed by atoms with Gasteiger partial charge in [-0.05, 0) is 25.0 Å². The van der Waals surface area contributed by atoms with Crippen LogP contribution in [0.1, 0.15) is 18.4 Å². The van der Waals surface area contributed by atoms with Crippen molar-refractivity contribution in [2.24, 2.45) is 5.73 Å². The molecule has 19 heavy (non-hydrogen) atoms. The zero-order valence-electron chi connectivity index (χ0n) is 10.5. The normalized spacial score (nSPS) is 14.8. The molecule has 1 amide bonds. The Hall–Kier alpha value is -0.970. The lowest BCUT2D eigenvalue weighted by Crippen LogP contribution is -2.32. The first-order valence-electron chi connectivity index (χ1n) is 6.20. The predicted octanol–water partition coefficient (Wildman–Crippen LogP) is 2.45. The summed E-state index contributed by atoms with van der Waals surface area (Å²) in [4.78, 5) is 13.7. The van der Waals surface area contributed by atoms with Crippen LogP contribution in [0.15, 0.2) is 12.1 Å². The third kappa shape index (κ3) is 3.53. The topological polar surface area (TPSA) is 55.6 Å². The van der Waals surface area contributed by atoms with Gasteiger partial charge in [0.2, 0.25) is 0 Å². The smallest absolute Gasteiger partial charge is 0.260 e. The van der Waals surface area contributed by atoms with Crippen molar-refractivity contribution in [1.82, 2.24) is 4.90 Å². The first-order valence-corrected chi connectivity index (χ1v) is 6.96. The van der Waals surface area contributed by atoms with Crippen molar-refractivity contribution in [3.63, 3.8) is 0 Å². The van der Waals surface area contributed by atoms with Gasteiger partial charge in [-0.15, -0.1) is 0 Å². The number of nitrogens with two attached hydrogens (primary N) is 1. The van der Waals surface area contributed by atoms with Gasteiger partial charge < -0.3 is 15.4 Å². The molecule has 0 radical (unpaired) electrons. The van der Waals surface area contributed by atoms with Crippen molar-refractivity contribution in [2.75, 3.05) is 19.7 Å². The predicted molar refractivity (Wildman–Crippen MR) is 75.7 cm³/mol. The van der Waals surface area contributed by atoms with E-state index in [4.69, 9.17) is 33.7 Å². The maximum absolute atomic E-state index is 11.9. The van der Waals surface area contributed by atoms with Gasteiger partial charge in [0.05, 0.1) is 5.02 Å². The second-order valence-corrected chi connectivity index (χ2v) is 5.30. The van der Waals surface area contributed by atoms with E-state index in [-0.39, 0.29) is 19.1 Å². The van der Waals surface area contributed by atoms with Crippen LogP contribution in [0.2, 0.25) is 10.0 Å². The third-order valence-corrected chi connectivity index (χ3v) is 3.60. The van der Waals surface area contributed by atoms with Crippen molar-refractivity contribution in [2.45, 2.75) is 19.4 Å². The van der Waals surface area contributed by atoms with Gasteiger partial charge in [0.1, 0.15) is 5.75 Å². The van der Waals surface area contributed by atoms with Gasteiger partial charge in [-0.2, -0.15) is 0 Å². The lowest BCUT2D eigenvalue weighted by atomic mass is 10.2. The number of carbonyl (C=O) groups excluding carboxylic acids is 1. The van der Waals surface area contributed by atoms with Gasteiger partial charge in [0, 0.05) is 30.2 Å². The van der Waals surface area contributed by atoms with E-state index in [2.05, 4.69) is 0 Å². The van der Waals surface area contributed by atoms with E-state index in [0.717, 1.165) is 25.9 Å². The van der Waals surface area contributed by atoms with Crippen LogP contribution in [0.25, 0.3) is 0 Å². The Labute approximate surface area is 122 Å². The summed E-state index contributed by atoms with van der Waals surface area (Å²) < 4.78 is 5.53. The Morgan fingerprint density at radius 1 is 1.32 bits per heavy atom. The zero-order valence-corrected chi connectivity index (χ0v) is 12.0. The minimum Gasteiger partial charge on any atom is -0.482 e. The number of likely N-dealkylation sites (tertiary alicyclic amines) is 1. The van der Waals surface area contributed by atoms with Crippen molar-refractivity contribution >= 4 is 29.1 Å². The maximum atomic E-state index is 11.9. The fourth-order valence-electron chi connectivity index (χ4n) is 2.12. The first kappa shape index (κ1) is 14.4. The molecular formula is C13H16Cl2N2O2. The molecule has 0 spiro atoms. The van der Waals surface area contributed by atoms with Crippen LogP contribution < -0.4 is 10.5 Å². The molecular weight excluding hydrogens is 287 g/mol. The average Bonchev–Trinajstić information content (AvgIpc) is 2.90. The van der Waals surface area contributed by atoms with Crippen LogP contribution in [0, 0.1) is 0 Å². The summed E-state index contributed by atoms with van der Waals surface area (Å²) in [5, 5.41) is 0.880. The third-order valence-electron chi connectivity index (χ3n) is 3.10. The highest BCUT2D eigenvalue weighted by atomic mass is 35.5. The average molecular weight is 303 g/mol. The minimum absolute atomic E-state index is 0.0195. The van der Waals surface area contributed by atoms with Gasteiger partial charge in [-0.3, -0.25) is 4.79 Å². The Morgan fingerprint density at radius 3 is 2.63 bits per heavy atom. The number of rotatable bonds is 4. The molecule has 0 bridgehead atoms. The second kappa shape index (κ2) is 6.46. The van der Waals surface area contributed by atoms with E-state index in [1.165, 1.54) is 0 Å². The molecule has 0 aromatic heterocycles. The highest BCUT2D eigenvalue weighted by Crippen LogP contribution is 2.32. The van der Waals surface area contributed by atoms with E-state index in [1.54, 1.807) is 17.0 Å². The number of nitrogens with zero attached hydrogens (tertiary/aromatic N) is 1. The SMILES string of the molecule is NCc1cc(Cl)cc(Cl)c1OCC(=O)N1CCCC1. The molecule has 1 aliphatic rings. The van der Waals surface area contributed by atoms with Crippen molar-refractivity contribution in [1.29, 1.82) is 0 Å². The standard InChI is InChI=1S/C13H16Cl2N2O2/c14-10-5-9(7-16)13(11(15)6-10)19-8-12(18)17-3-1-2-4-17/h5-6H,1-4,7-8,16H2. The quantitative estimate of drug-likeness (QED) is 0.929. The number of carbonyl (C=O) groups is 1. The van der Waals surface area contributed by atoms with Crippen LogP contribution in [0.4, 0.5) is 0 Å². The monoisotopic (exact) mass is 302 g/mol. The summed E-state index contributed by atoms with van der Waals surface area (Å²) in [6.45, 7) is 1.85. The number of hydrogen-bond donors (Lipinski definition) is 1. The summed E-state index contributed by atoms with van der Waals surface area (Å²) in [7, 11) is 0. The molecule has 4 nitrogen and oxygen atoms in total. The summed E-state index contributed by atoms with van der Waals surface area (Å²) in [6.07, 6.45) is 2.11. The Morgan fingerprint density at radius 2 is 2.00 bits per heavy atom. The Balaban J connectivity index is 2.04. The van der Waals surface area contributed by atoms with Crippen LogP contribution in [-0.2, 0) is 11.3 Å². The van der Waals surface area contributed by atoms with E-state index in [1.807, 2.05) is 0 Å². The molecule has 0 unspecified atom stereocenters. The lowest BCUT2D eigenvalue weighted by Gasteiger charge is -2.17. The molecule has 0 atom stereocenters. The molecule has 1 aliphatic heterocycles. The number of hydrogen-bond acceptors (Lipinski definition) is 3. The molecule has 1 heterocycles. The number of amides is 1. The Bertz CT molecular complexity index is 474. The van der Waals surface area contributed by atoms with E-state index in [0.29, 0.717) is 21.4 Å². The van der Waals surface area contributed by atoms with Crippen molar-refractivity contribution in [3.8, 4) is 5.75 Å². The van der Waals surface area contributed by atoms with Crippen LogP contribution in [-0.4, -0.2) is 30.5 Å². The van der Waals surface area contributed by atoms with E-state index < -0.39 is 0 Å². The second-order valence-electron chi connectivity index (χ2n) is 4.46. The largest absolute Gasteiger partial charge is 0.482 e. The van der Waals surface area contributed by atoms with E-state index in [9.17, 15) is 4.79 Å². The maximum Gasteiger partial charge on any atom is 0.260 e. The molecule has 6 heteroatoms. The number of ether oxygens (including phenoxy) is 1. The summed E-state index contributed by atoms with van der Waals surface area (Å²) >= 11 is 12.0. The summed E-state index contributed by atoms with van der Waals surface area (Å²) in [6, 6.07) is 3.28. The van der Waals surface area contributed by atoms with Crippen LogP contribution in [0.5, 0.6) is 5.75 Å². The summed E-state index contributed by atoms with van der Waals surface area (Å²) in [5.41, 5.74) is 6.32. The van der Waals surface area contributed by atoms with Gasteiger partial charge in [0.15, 0.2) is 6.61 Å². The molecule has 2 N–H and O–H groups in total. The van der Waals surface area contributed by atoms with Gasteiger partial charge in [-0.1, -0.05) is 23.2 Å². The molecule has 1 fully saturated rings. The van der Waals surface area contributed by atoms with Gasteiger partial charge >= 0.3 is 0 Å². The van der Waals surface area contributed by atoms with Crippen molar-refractivity contribution < 1.29 is 9.53 Å². The number of halogens is 2. The van der Waals surface area contributed by atoms with Crippen LogP contribution in [0.3, 0.4) is 0 Å². The van der Waals surface area contributed by atoms with Gasteiger partial charge in [-0.25, -0.2) is 0 Å². The lowest BCUT2D eigenvalue weighted by molar-refractivity contribution is -0.132. The molecule has 0 saturated carbocycles. The molecule has 2 rings (SSSR count). The Kier molecular flexibility index (Phi) is 4.91. The fraction of sp³-hybridized carbons (Fsp3) is 0.462. The molecule has 1 saturated heterocycles. The molecule has 0 aliphatic carbocycles. The molecule has 1 aromatic rings. The summed E-state index contributed by atoms with van der Waals surface area (Å²) in [5.74, 6) is 0.424. The first-order chi connectivity index (χ1) is 9.11. The van der Waals surface area contributed by atoms with E-state index >= 15 is 0 Å².